The molecule has 0 saturated carbocycles. The highest BCUT2D eigenvalue weighted by molar-refractivity contribution is 7.92. The number of para-hydroxylation sites is 1. The lowest BCUT2D eigenvalue weighted by Crippen LogP contribution is -2.14. The van der Waals surface area contributed by atoms with Crippen molar-refractivity contribution >= 4 is 26.6 Å². The number of fused-ring (bicyclic) bond motifs is 1. The van der Waals surface area contributed by atoms with E-state index >= 15 is 0 Å². The Hall–Kier alpha value is -4.10. The van der Waals surface area contributed by atoms with Crippen LogP contribution in [0.2, 0.25) is 0 Å². The lowest BCUT2D eigenvalue weighted by atomic mass is 10.1. The summed E-state index contributed by atoms with van der Waals surface area (Å²) >= 11 is 0. The van der Waals surface area contributed by atoms with Gasteiger partial charge in [-0.25, -0.2) is 22.8 Å². The standard InChI is InChI=1S/C27H20FN3O2S/c1-18-11-14-21(15-12-18)34(32,33)31-25-17-20(28)13-16-23(25)27-29-24-10-6-5-9-22(24)26(30-27)19-7-3-2-4-8-19/h2-17,31H,1H3. The van der Waals surface area contributed by atoms with Crippen molar-refractivity contribution in [2.45, 2.75) is 11.8 Å². The average molecular weight is 470 g/mol. The number of hydrogen-bond acceptors (Lipinski definition) is 4. The van der Waals surface area contributed by atoms with E-state index in [0.29, 0.717) is 22.6 Å². The lowest BCUT2D eigenvalue weighted by Gasteiger charge is -2.14. The van der Waals surface area contributed by atoms with Gasteiger partial charge in [-0.2, -0.15) is 0 Å². The molecule has 1 N–H and O–H groups in total. The maximum Gasteiger partial charge on any atom is 0.261 e. The van der Waals surface area contributed by atoms with Crippen LogP contribution in [0.5, 0.6) is 0 Å². The third-order valence-electron chi connectivity index (χ3n) is 5.45. The quantitative estimate of drug-likeness (QED) is 0.332. The predicted molar refractivity (Wildman–Crippen MR) is 132 cm³/mol. The van der Waals surface area contributed by atoms with Crippen molar-refractivity contribution in [2.75, 3.05) is 4.72 Å². The summed E-state index contributed by atoms with van der Waals surface area (Å²) in [6.45, 7) is 1.87. The monoisotopic (exact) mass is 469 g/mol. The first-order chi connectivity index (χ1) is 16.4. The summed E-state index contributed by atoms with van der Waals surface area (Å²) in [4.78, 5) is 9.53. The van der Waals surface area contributed by atoms with Gasteiger partial charge in [0, 0.05) is 16.5 Å². The van der Waals surface area contributed by atoms with E-state index in [1.807, 2.05) is 61.5 Å². The Balaban J connectivity index is 1.67. The molecule has 5 aromatic rings. The number of benzene rings is 4. The lowest BCUT2D eigenvalue weighted by molar-refractivity contribution is 0.601. The van der Waals surface area contributed by atoms with Gasteiger partial charge in [-0.05, 0) is 43.3 Å². The molecule has 1 aromatic heterocycles. The molecule has 5 rings (SSSR count). The van der Waals surface area contributed by atoms with E-state index in [1.165, 1.54) is 24.3 Å². The van der Waals surface area contributed by atoms with Gasteiger partial charge in [0.1, 0.15) is 5.82 Å². The molecule has 0 amide bonds. The number of anilines is 1. The Morgan fingerprint density at radius 1 is 0.794 bits per heavy atom. The molecule has 0 atom stereocenters. The molecular formula is C27H20FN3O2S. The van der Waals surface area contributed by atoms with E-state index in [-0.39, 0.29) is 10.6 Å². The van der Waals surface area contributed by atoms with Gasteiger partial charge < -0.3 is 0 Å². The van der Waals surface area contributed by atoms with Gasteiger partial charge in [0.25, 0.3) is 10.0 Å². The largest absolute Gasteiger partial charge is 0.279 e. The van der Waals surface area contributed by atoms with Gasteiger partial charge in [-0.15, -0.1) is 0 Å². The van der Waals surface area contributed by atoms with Crippen LogP contribution in [0.15, 0.2) is 102 Å². The number of halogens is 1. The van der Waals surface area contributed by atoms with E-state index in [1.54, 1.807) is 12.1 Å². The van der Waals surface area contributed by atoms with E-state index in [2.05, 4.69) is 9.71 Å². The highest BCUT2D eigenvalue weighted by atomic mass is 32.2. The van der Waals surface area contributed by atoms with Crippen molar-refractivity contribution in [3.05, 3.63) is 108 Å². The highest BCUT2D eigenvalue weighted by Gasteiger charge is 2.20. The molecule has 0 saturated heterocycles. The molecule has 1 heterocycles. The minimum atomic E-state index is -3.95. The zero-order valence-corrected chi connectivity index (χ0v) is 19.1. The molecule has 7 heteroatoms. The normalized spacial score (nSPS) is 11.5. The van der Waals surface area contributed by atoms with Crippen LogP contribution in [0.1, 0.15) is 5.56 Å². The van der Waals surface area contributed by atoms with E-state index in [9.17, 15) is 12.8 Å². The third kappa shape index (κ3) is 4.25. The molecule has 0 spiro atoms. The Bertz CT molecular complexity index is 1600. The number of nitrogens with one attached hydrogen (secondary N) is 1. The first kappa shape index (κ1) is 21.7. The van der Waals surface area contributed by atoms with Crippen molar-refractivity contribution in [3.8, 4) is 22.6 Å². The molecule has 0 fully saturated rings. The van der Waals surface area contributed by atoms with Crippen molar-refractivity contribution in [2.24, 2.45) is 0 Å². The maximum absolute atomic E-state index is 14.2. The molecule has 168 valence electrons. The number of aryl methyl sites for hydroxylation is 1. The SMILES string of the molecule is Cc1ccc(S(=O)(=O)Nc2cc(F)ccc2-c2nc(-c3ccccc3)c3ccccc3n2)cc1. The first-order valence-electron chi connectivity index (χ1n) is 10.6. The van der Waals surface area contributed by atoms with Crippen LogP contribution >= 0.6 is 0 Å². The van der Waals surface area contributed by atoms with Crippen molar-refractivity contribution < 1.29 is 12.8 Å². The van der Waals surface area contributed by atoms with Crippen LogP contribution in [0.25, 0.3) is 33.5 Å². The van der Waals surface area contributed by atoms with Gasteiger partial charge in [0.15, 0.2) is 5.82 Å². The summed E-state index contributed by atoms with van der Waals surface area (Å²) in [6.07, 6.45) is 0. The van der Waals surface area contributed by atoms with Crippen LogP contribution in [0.3, 0.4) is 0 Å². The second kappa shape index (κ2) is 8.68. The average Bonchev–Trinajstić information content (AvgIpc) is 2.84. The topological polar surface area (TPSA) is 72.0 Å². The van der Waals surface area contributed by atoms with Gasteiger partial charge in [-0.1, -0.05) is 66.2 Å². The molecule has 0 bridgehead atoms. The number of nitrogens with zero attached hydrogens (tertiary/aromatic N) is 2. The summed E-state index contributed by atoms with van der Waals surface area (Å²) in [5.74, 6) is -0.284. The molecule has 0 aliphatic carbocycles. The Labute approximate surface area is 197 Å². The number of hydrogen-bond donors (Lipinski definition) is 1. The van der Waals surface area contributed by atoms with Crippen LogP contribution in [-0.2, 0) is 10.0 Å². The molecule has 0 unspecified atom stereocenters. The third-order valence-corrected chi connectivity index (χ3v) is 6.83. The highest BCUT2D eigenvalue weighted by Crippen LogP contribution is 2.33. The fraction of sp³-hybridized carbons (Fsp3) is 0.0370. The summed E-state index contributed by atoms with van der Waals surface area (Å²) in [7, 11) is -3.95. The van der Waals surface area contributed by atoms with Gasteiger partial charge >= 0.3 is 0 Å². The maximum atomic E-state index is 14.2. The summed E-state index contributed by atoms with van der Waals surface area (Å²) < 4.78 is 42.8. The predicted octanol–water partition coefficient (Wildman–Crippen LogP) is 6.21. The summed E-state index contributed by atoms with van der Waals surface area (Å²) in [5, 5.41) is 0.862. The van der Waals surface area contributed by atoms with Crippen molar-refractivity contribution in [3.63, 3.8) is 0 Å². The number of sulfonamides is 1. The van der Waals surface area contributed by atoms with Crippen LogP contribution in [0, 0.1) is 12.7 Å². The fourth-order valence-corrected chi connectivity index (χ4v) is 4.80. The van der Waals surface area contributed by atoms with E-state index < -0.39 is 15.8 Å². The molecular weight excluding hydrogens is 449 g/mol. The minimum Gasteiger partial charge on any atom is -0.279 e. The second-order valence-electron chi connectivity index (χ2n) is 7.89. The Morgan fingerprint density at radius 2 is 1.50 bits per heavy atom. The second-order valence-corrected chi connectivity index (χ2v) is 9.57. The summed E-state index contributed by atoms with van der Waals surface area (Å²) in [5.41, 5.74) is 3.67. The molecule has 0 aliphatic rings. The minimum absolute atomic E-state index is 0.0647. The first-order valence-corrected chi connectivity index (χ1v) is 12.1. The van der Waals surface area contributed by atoms with Crippen LogP contribution < -0.4 is 4.72 Å². The number of rotatable bonds is 5. The Kier molecular flexibility index (Phi) is 5.55. The molecule has 4 aromatic carbocycles. The van der Waals surface area contributed by atoms with E-state index in [0.717, 1.165) is 22.6 Å². The molecule has 0 aliphatic heterocycles. The zero-order valence-electron chi connectivity index (χ0n) is 18.2. The fourth-order valence-electron chi connectivity index (χ4n) is 3.73. The molecule has 34 heavy (non-hydrogen) atoms. The van der Waals surface area contributed by atoms with Gasteiger partial charge in [0.2, 0.25) is 0 Å². The van der Waals surface area contributed by atoms with Crippen LogP contribution in [0.4, 0.5) is 10.1 Å². The van der Waals surface area contributed by atoms with Gasteiger partial charge in [0.05, 0.1) is 21.8 Å². The molecule has 0 radical (unpaired) electrons. The van der Waals surface area contributed by atoms with Gasteiger partial charge in [-0.3, -0.25) is 4.72 Å². The number of aromatic nitrogens is 2. The van der Waals surface area contributed by atoms with E-state index in [4.69, 9.17) is 4.98 Å². The zero-order chi connectivity index (χ0) is 23.7. The van der Waals surface area contributed by atoms with Crippen molar-refractivity contribution in [1.29, 1.82) is 0 Å². The summed E-state index contributed by atoms with van der Waals surface area (Å²) in [6, 6.07) is 27.6. The van der Waals surface area contributed by atoms with Crippen molar-refractivity contribution in [1.82, 2.24) is 9.97 Å². The van der Waals surface area contributed by atoms with Crippen LogP contribution in [-0.4, -0.2) is 18.4 Å². The molecule has 5 nitrogen and oxygen atoms in total. The smallest absolute Gasteiger partial charge is 0.261 e. The Morgan fingerprint density at radius 3 is 2.26 bits per heavy atom.